The Bertz CT molecular complexity index is 1230. The van der Waals surface area contributed by atoms with Crippen LogP contribution in [-0.4, -0.2) is 41.7 Å². The van der Waals surface area contributed by atoms with Crippen LogP contribution in [0.1, 0.15) is 52.9 Å². The van der Waals surface area contributed by atoms with Crippen LogP contribution in [0.3, 0.4) is 0 Å². The number of amides is 1. The molecule has 2 aromatic carbocycles. The van der Waals surface area contributed by atoms with E-state index in [9.17, 15) is 14.7 Å². The highest BCUT2D eigenvalue weighted by Gasteiger charge is 2.52. The molecule has 192 valence electrons. The number of rotatable bonds is 9. The van der Waals surface area contributed by atoms with Crippen LogP contribution >= 0.6 is 0 Å². The number of nitrogens with zero attached hydrogens (tertiary/aromatic N) is 1. The fourth-order valence-electron chi connectivity index (χ4n) is 6.18. The minimum absolute atomic E-state index is 0.100. The number of methoxy groups -OCH3 is 1. The second kappa shape index (κ2) is 10.7. The van der Waals surface area contributed by atoms with E-state index in [4.69, 9.17) is 4.74 Å². The smallest absolute Gasteiger partial charge is 0.330 e. The summed E-state index contributed by atoms with van der Waals surface area (Å²) in [7, 11) is 1.22. The molecular weight excluding hydrogens is 468 g/mol. The third-order valence-electron chi connectivity index (χ3n) is 7.97. The molecule has 1 amide bonds. The first-order chi connectivity index (χ1) is 18.0. The average molecular weight is 501 g/mol. The number of ether oxygens (including phenoxy) is 2. The van der Waals surface area contributed by atoms with Gasteiger partial charge in [0, 0.05) is 17.2 Å². The monoisotopic (exact) mass is 500 g/mol. The third kappa shape index (κ3) is 4.96. The summed E-state index contributed by atoms with van der Waals surface area (Å²) in [6.07, 6.45) is 6.54. The van der Waals surface area contributed by atoms with Crippen molar-refractivity contribution in [3.8, 4) is 5.75 Å². The van der Waals surface area contributed by atoms with Crippen molar-refractivity contribution in [3.63, 3.8) is 0 Å². The van der Waals surface area contributed by atoms with Gasteiger partial charge in [0.2, 0.25) is 0 Å². The molecule has 5 rings (SSSR count). The van der Waals surface area contributed by atoms with E-state index in [1.165, 1.54) is 37.5 Å². The molecule has 3 aromatic rings. The first-order valence-electron chi connectivity index (χ1n) is 12.8. The van der Waals surface area contributed by atoms with E-state index in [0.717, 1.165) is 17.9 Å². The highest BCUT2D eigenvalue weighted by molar-refractivity contribution is 5.96. The van der Waals surface area contributed by atoms with Crippen molar-refractivity contribution in [2.75, 3.05) is 13.7 Å². The molecule has 0 radical (unpaired) electrons. The third-order valence-corrected chi connectivity index (χ3v) is 7.97. The van der Waals surface area contributed by atoms with Gasteiger partial charge in [-0.1, -0.05) is 36.8 Å². The van der Waals surface area contributed by atoms with E-state index in [-0.39, 0.29) is 5.41 Å². The molecule has 1 aromatic heterocycles. The number of pyridine rings is 1. The summed E-state index contributed by atoms with van der Waals surface area (Å²) >= 11 is 0. The average Bonchev–Trinajstić information content (AvgIpc) is 3.58. The maximum atomic E-state index is 12.7. The lowest BCUT2D eigenvalue weighted by molar-refractivity contribution is -0.143. The molecule has 2 unspecified atom stereocenters. The first kappa shape index (κ1) is 25.0. The van der Waals surface area contributed by atoms with Crippen LogP contribution in [0.2, 0.25) is 0 Å². The quantitative estimate of drug-likeness (QED) is 0.431. The van der Waals surface area contributed by atoms with E-state index in [0.29, 0.717) is 24.0 Å². The maximum absolute atomic E-state index is 12.7. The Labute approximate surface area is 216 Å². The van der Waals surface area contributed by atoms with E-state index in [2.05, 4.69) is 27.2 Å². The van der Waals surface area contributed by atoms with Gasteiger partial charge >= 0.3 is 5.97 Å². The zero-order valence-electron chi connectivity index (χ0n) is 20.9. The lowest BCUT2D eigenvalue weighted by atomic mass is 9.64. The standard InChI is InChI=1S/C30H32N2O5/c1-36-29(35)27(18-33)32-28(34)21-6-9-22(10-7-21)30(17-20-5-8-24(30)16-20)23-11-13-26(14-12-23)37-19-25-4-2-3-15-31-25/h2-4,6-7,9-15,20,24,27,33H,5,8,16-19H2,1H3,(H,32,34)/t20?,24?,27-,30+/m1/s1. The number of carbonyl (C=O) groups is 2. The topological polar surface area (TPSA) is 97.8 Å². The zero-order chi connectivity index (χ0) is 25.8. The highest BCUT2D eigenvalue weighted by atomic mass is 16.5. The maximum Gasteiger partial charge on any atom is 0.330 e. The summed E-state index contributed by atoms with van der Waals surface area (Å²) in [5.41, 5.74) is 3.69. The highest BCUT2D eigenvalue weighted by Crippen LogP contribution is 2.60. The Morgan fingerprint density at radius 2 is 1.78 bits per heavy atom. The minimum Gasteiger partial charge on any atom is -0.487 e. The van der Waals surface area contributed by atoms with Crippen molar-refractivity contribution in [1.29, 1.82) is 0 Å². The van der Waals surface area contributed by atoms with Crippen LogP contribution in [0.4, 0.5) is 0 Å². The van der Waals surface area contributed by atoms with Crippen molar-refractivity contribution in [2.24, 2.45) is 11.8 Å². The number of aliphatic hydroxyl groups excluding tert-OH is 1. The second-order valence-electron chi connectivity index (χ2n) is 9.99. The lowest BCUT2D eigenvalue weighted by Crippen LogP contribution is -2.44. The number of aromatic nitrogens is 1. The van der Waals surface area contributed by atoms with Crippen molar-refractivity contribution < 1.29 is 24.2 Å². The zero-order valence-corrected chi connectivity index (χ0v) is 20.9. The number of nitrogens with one attached hydrogen (secondary N) is 1. The van der Waals surface area contributed by atoms with Gasteiger partial charge in [-0.25, -0.2) is 4.79 Å². The molecule has 2 saturated carbocycles. The fraction of sp³-hybridized carbons (Fsp3) is 0.367. The fourth-order valence-corrected chi connectivity index (χ4v) is 6.18. The molecule has 2 fully saturated rings. The molecule has 4 atom stereocenters. The molecule has 0 aliphatic heterocycles. The van der Waals surface area contributed by atoms with Crippen molar-refractivity contribution in [3.05, 3.63) is 95.3 Å². The SMILES string of the molecule is COC(=O)[C@@H](CO)NC(=O)c1ccc([C@]2(c3ccc(OCc4ccccn4)cc3)CC3CCC2C3)cc1. The Morgan fingerprint density at radius 1 is 1.05 bits per heavy atom. The molecule has 7 heteroatoms. The van der Waals surface area contributed by atoms with E-state index < -0.39 is 24.5 Å². The Hall–Kier alpha value is -3.71. The molecule has 37 heavy (non-hydrogen) atoms. The molecule has 2 N–H and O–H groups in total. The summed E-state index contributed by atoms with van der Waals surface area (Å²) < 4.78 is 10.6. The van der Waals surface area contributed by atoms with Gasteiger partial charge < -0.3 is 19.9 Å². The summed E-state index contributed by atoms with van der Waals surface area (Å²) in [6, 6.07) is 20.8. The normalized spacial score (nSPS) is 22.9. The molecule has 7 nitrogen and oxygen atoms in total. The summed E-state index contributed by atoms with van der Waals surface area (Å²) in [6.45, 7) is -0.100. The predicted molar refractivity (Wildman–Crippen MR) is 138 cm³/mol. The number of aliphatic hydroxyl groups is 1. The lowest BCUT2D eigenvalue weighted by Gasteiger charge is -2.39. The number of fused-ring (bicyclic) bond motifs is 2. The van der Waals surface area contributed by atoms with Gasteiger partial charge in [0.15, 0.2) is 6.04 Å². The molecule has 2 bridgehead atoms. The van der Waals surface area contributed by atoms with Crippen LogP contribution in [-0.2, 0) is 21.6 Å². The van der Waals surface area contributed by atoms with Gasteiger partial charge in [-0.2, -0.15) is 0 Å². The first-order valence-corrected chi connectivity index (χ1v) is 12.8. The van der Waals surface area contributed by atoms with Crippen LogP contribution in [0.15, 0.2) is 72.9 Å². The largest absolute Gasteiger partial charge is 0.487 e. The number of benzene rings is 2. The summed E-state index contributed by atoms with van der Waals surface area (Å²) in [5, 5.41) is 12.0. The van der Waals surface area contributed by atoms with Gasteiger partial charge in [0.1, 0.15) is 12.4 Å². The van der Waals surface area contributed by atoms with Gasteiger partial charge in [0.05, 0.1) is 19.4 Å². The van der Waals surface area contributed by atoms with E-state index >= 15 is 0 Å². The second-order valence-corrected chi connectivity index (χ2v) is 9.99. The number of esters is 1. The molecule has 1 heterocycles. The summed E-state index contributed by atoms with van der Waals surface area (Å²) in [4.78, 5) is 28.8. The number of hydrogen-bond acceptors (Lipinski definition) is 6. The molecule has 2 aliphatic rings. The molecule has 0 saturated heterocycles. The number of carbonyl (C=O) groups excluding carboxylic acids is 2. The van der Waals surface area contributed by atoms with Crippen LogP contribution in [0, 0.1) is 11.8 Å². The Morgan fingerprint density at radius 3 is 2.35 bits per heavy atom. The van der Waals surface area contributed by atoms with E-state index in [1.807, 2.05) is 42.5 Å². The van der Waals surface area contributed by atoms with Crippen LogP contribution in [0.5, 0.6) is 5.75 Å². The Kier molecular flexibility index (Phi) is 7.24. The molecule has 2 aliphatic carbocycles. The predicted octanol–water partition coefficient (Wildman–Crippen LogP) is 4.03. The van der Waals surface area contributed by atoms with Crippen LogP contribution < -0.4 is 10.1 Å². The molecule has 0 spiro atoms. The van der Waals surface area contributed by atoms with E-state index in [1.54, 1.807) is 18.3 Å². The number of hydrogen-bond donors (Lipinski definition) is 2. The molecular formula is C30H32N2O5. The van der Waals surface area contributed by atoms with Gasteiger partial charge in [-0.15, -0.1) is 0 Å². The van der Waals surface area contributed by atoms with Gasteiger partial charge in [0.25, 0.3) is 5.91 Å². The van der Waals surface area contributed by atoms with Gasteiger partial charge in [-0.05, 0) is 78.6 Å². The summed E-state index contributed by atoms with van der Waals surface area (Å²) in [5.74, 6) is 0.964. The van der Waals surface area contributed by atoms with Crippen molar-refractivity contribution in [1.82, 2.24) is 10.3 Å². The van der Waals surface area contributed by atoms with Crippen molar-refractivity contribution >= 4 is 11.9 Å². The van der Waals surface area contributed by atoms with Crippen LogP contribution in [0.25, 0.3) is 0 Å². The minimum atomic E-state index is -1.09. The van der Waals surface area contributed by atoms with Gasteiger partial charge in [-0.3, -0.25) is 9.78 Å². The van der Waals surface area contributed by atoms with Crippen molar-refractivity contribution in [2.45, 2.75) is 43.7 Å². The Balaban J connectivity index is 1.36.